The Hall–Kier alpha value is -1.62. The smallest absolute Gasteiger partial charge is 0.240 e. The lowest BCUT2D eigenvalue weighted by Crippen LogP contribution is -2.42. The zero-order chi connectivity index (χ0) is 13.3. The van der Waals surface area contributed by atoms with Gasteiger partial charge in [0, 0.05) is 25.8 Å². The number of anilines is 1. The van der Waals surface area contributed by atoms with E-state index in [1.165, 1.54) is 12.8 Å². The van der Waals surface area contributed by atoms with Gasteiger partial charge in [0.05, 0.1) is 5.54 Å². The van der Waals surface area contributed by atoms with Crippen molar-refractivity contribution >= 4 is 11.7 Å². The molecule has 2 fully saturated rings. The van der Waals surface area contributed by atoms with E-state index < -0.39 is 5.54 Å². The third-order valence-electron chi connectivity index (χ3n) is 3.93. The summed E-state index contributed by atoms with van der Waals surface area (Å²) in [5.41, 5.74) is 6.25. The number of nitrogens with one attached hydrogen (secondary N) is 1. The molecule has 1 amide bonds. The topological polar surface area (TPSA) is 71.2 Å². The average molecular weight is 260 g/mol. The lowest BCUT2D eigenvalue weighted by Gasteiger charge is -2.16. The highest BCUT2D eigenvalue weighted by Gasteiger charge is 2.45. The van der Waals surface area contributed by atoms with Gasteiger partial charge in [0.1, 0.15) is 5.82 Å². The van der Waals surface area contributed by atoms with Crippen LogP contribution in [0.25, 0.3) is 0 Å². The Kier molecular flexibility index (Phi) is 3.14. The summed E-state index contributed by atoms with van der Waals surface area (Å²) in [5, 5.41) is 2.87. The van der Waals surface area contributed by atoms with Crippen molar-refractivity contribution in [2.24, 2.45) is 5.73 Å². The van der Waals surface area contributed by atoms with E-state index in [-0.39, 0.29) is 5.91 Å². The molecule has 5 nitrogen and oxygen atoms in total. The minimum Gasteiger partial charge on any atom is -0.357 e. The first-order valence-electron chi connectivity index (χ1n) is 6.94. The minimum atomic E-state index is -0.594. The SMILES string of the molecule is NC1(C(=O)NCc2ccc(N3CCCC3)nc2)CC1. The third kappa shape index (κ3) is 2.71. The van der Waals surface area contributed by atoms with Crippen LogP contribution < -0.4 is 16.0 Å². The zero-order valence-corrected chi connectivity index (χ0v) is 11.1. The Morgan fingerprint density at radius 1 is 1.37 bits per heavy atom. The number of rotatable bonds is 4. The molecule has 1 saturated heterocycles. The van der Waals surface area contributed by atoms with Crippen LogP contribution in [0.1, 0.15) is 31.2 Å². The fourth-order valence-corrected chi connectivity index (χ4v) is 2.37. The highest BCUT2D eigenvalue weighted by atomic mass is 16.2. The Morgan fingerprint density at radius 3 is 2.68 bits per heavy atom. The van der Waals surface area contributed by atoms with Crippen LogP contribution in [-0.4, -0.2) is 29.5 Å². The van der Waals surface area contributed by atoms with Crippen LogP contribution in [0.2, 0.25) is 0 Å². The summed E-state index contributed by atoms with van der Waals surface area (Å²) in [5.74, 6) is 0.987. The number of amides is 1. The second-order valence-corrected chi connectivity index (χ2v) is 5.56. The van der Waals surface area contributed by atoms with Gasteiger partial charge in [-0.05, 0) is 37.3 Å². The standard InChI is InChI=1S/C14H20N4O/c15-14(5-6-14)13(19)17-10-11-3-4-12(16-9-11)18-7-1-2-8-18/h3-4,9H,1-2,5-8,10,15H2,(H,17,19). The van der Waals surface area contributed by atoms with Crippen LogP contribution in [-0.2, 0) is 11.3 Å². The van der Waals surface area contributed by atoms with Gasteiger partial charge in [-0.15, -0.1) is 0 Å². The third-order valence-corrected chi connectivity index (χ3v) is 3.93. The quantitative estimate of drug-likeness (QED) is 0.839. The molecule has 0 radical (unpaired) electrons. The first-order chi connectivity index (χ1) is 9.17. The average Bonchev–Trinajstić information content (AvgIpc) is 2.97. The van der Waals surface area contributed by atoms with Crippen molar-refractivity contribution < 1.29 is 4.79 Å². The van der Waals surface area contributed by atoms with Crippen molar-refractivity contribution in [2.45, 2.75) is 37.8 Å². The molecule has 1 aliphatic carbocycles. The molecular weight excluding hydrogens is 240 g/mol. The number of aromatic nitrogens is 1. The molecule has 3 N–H and O–H groups in total. The van der Waals surface area contributed by atoms with Gasteiger partial charge in [-0.1, -0.05) is 6.07 Å². The molecule has 19 heavy (non-hydrogen) atoms. The molecule has 1 aromatic rings. The number of nitrogens with two attached hydrogens (primary N) is 1. The summed E-state index contributed by atoms with van der Waals surface area (Å²) in [6.07, 6.45) is 5.93. The van der Waals surface area contributed by atoms with Crippen LogP contribution in [0, 0.1) is 0 Å². The Balaban J connectivity index is 1.55. The first kappa shape index (κ1) is 12.4. The van der Waals surface area contributed by atoms with Gasteiger partial charge < -0.3 is 16.0 Å². The molecule has 0 bridgehead atoms. The molecule has 1 saturated carbocycles. The van der Waals surface area contributed by atoms with E-state index in [1.54, 1.807) is 0 Å². The summed E-state index contributed by atoms with van der Waals surface area (Å²) in [7, 11) is 0. The fraction of sp³-hybridized carbons (Fsp3) is 0.571. The second-order valence-electron chi connectivity index (χ2n) is 5.56. The number of pyridine rings is 1. The molecule has 102 valence electrons. The molecule has 0 atom stereocenters. The van der Waals surface area contributed by atoms with Crippen molar-refractivity contribution in [3.63, 3.8) is 0 Å². The summed E-state index contributed by atoms with van der Waals surface area (Å²) in [6.45, 7) is 2.70. The maximum atomic E-state index is 11.7. The van der Waals surface area contributed by atoms with E-state index in [9.17, 15) is 4.79 Å². The predicted octanol–water partition coefficient (Wildman–Crippen LogP) is 0.789. The molecule has 3 rings (SSSR count). The van der Waals surface area contributed by atoms with Gasteiger partial charge in [-0.3, -0.25) is 4.79 Å². The maximum Gasteiger partial charge on any atom is 0.240 e. The second kappa shape index (κ2) is 4.81. The van der Waals surface area contributed by atoms with E-state index in [4.69, 9.17) is 5.73 Å². The molecule has 1 aliphatic heterocycles. The Morgan fingerprint density at radius 2 is 2.11 bits per heavy atom. The van der Waals surface area contributed by atoms with E-state index in [2.05, 4.69) is 15.2 Å². The largest absolute Gasteiger partial charge is 0.357 e. The predicted molar refractivity (Wildman–Crippen MR) is 73.7 cm³/mol. The highest BCUT2D eigenvalue weighted by molar-refractivity contribution is 5.88. The van der Waals surface area contributed by atoms with Crippen molar-refractivity contribution in [2.75, 3.05) is 18.0 Å². The number of hydrogen-bond donors (Lipinski definition) is 2. The Labute approximate surface area is 113 Å². The molecular formula is C14H20N4O. The van der Waals surface area contributed by atoms with E-state index in [0.29, 0.717) is 6.54 Å². The number of nitrogens with zero attached hydrogens (tertiary/aromatic N) is 2. The van der Waals surface area contributed by atoms with Gasteiger partial charge in [0.15, 0.2) is 0 Å². The van der Waals surface area contributed by atoms with Crippen LogP contribution >= 0.6 is 0 Å². The number of hydrogen-bond acceptors (Lipinski definition) is 4. The summed E-state index contributed by atoms with van der Waals surface area (Å²) >= 11 is 0. The van der Waals surface area contributed by atoms with E-state index in [1.807, 2.05) is 18.3 Å². The molecule has 0 spiro atoms. The van der Waals surface area contributed by atoms with Crippen LogP contribution in [0.4, 0.5) is 5.82 Å². The highest BCUT2D eigenvalue weighted by Crippen LogP contribution is 2.32. The van der Waals surface area contributed by atoms with Gasteiger partial charge in [0.2, 0.25) is 5.91 Å². The van der Waals surface area contributed by atoms with Gasteiger partial charge in [0.25, 0.3) is 0 Å². The summed E-state index contributed by atoms with van der Waals surface area (Å²) in [4.78, 5) is 18.5. The Bertz CT molecular complexity index is 461. The van der Waals surface area contributed by atoms with E-state index >= 15 is 0 Å². The van der Waals surface area contributed by atoms with Crippen LogP contribution in [0.5, 0.6) is 0 Å². The molecule has 0 unspecified atom stereocenters. The molecule has 5 heteroatoms. The molecule has 1 aromatic heterocycles. The monoisotopic (exact) mass is 260 g/mol. The summed E-state index contributed by atoms with van der Waals surface area (Å²) < 4.78 is 0. The number of carbonyl (C=O) groups excluding carboxylic acids is 1. The van der Waals surface area contributed by atoms with Crippen LogP contribution in [0.3, 0.4) is 0 Å². The van der Waals surface area contributed by atoms with E-state index in [0.717, 1.165) is 37.3 Å². The molecule has 2 aliphatic rings. The zero-order valence-electron chi connectivity index (χ0n) is 11.1. The minimum absolute atomic E-state index is 0.0453. The van der Waals surface area contributed by atoms with Crippen LogP contribution in [0.15, 0.2) is 18.3 Å². The lowest BCUT2D eigenvalue weighted by atomic mass is 10.2. The van der Waals surface area contributed by atoms with Gasteiger partial charge in [-0.25, -0.2) is 4.98 Å². The molecule has 2 heterocycles. The first-order valence-corrected chi connectivity index (χ1v) is 6.94. The van der Waals surface area contributed by atoms with Crippen molar-refractivity contribution in [3.05, 3.63) is 23.9 Å². The number of carbonyl (C=O) groups is 1. The van der Waals surface area contributed by atoms with Gasteiger partial charge >= 0.3 is 0 Å². The van der Waals surface area contributed by atoms with Crippen molar-refractivity contribution in [1.29, 1.82) is 0 Å². The van der Waals surface area contributed by atoms with Crippen molar-refractivity contribution in [3.8, 4) is 0 Å². The lowest BCUT2D eigenvalue weighted by molar-refractivity contribution is -0.123. The summed E-state index contributed by atoms with van der Waals surface area (Å²) in [6, 6.07) is 4.05. The molecule has 0 aromatic carbocycles. The van der Waals surface area contributed by atoms with Crippen molar-refractivity contribution in [1.82, 2.24) is 10.3 Å². The van der Waals surface area contributed by atoms with Gasteiger partial charge in [-0.2, -0.15) is 0 Å². The normalized spacial score (nSPS) is 20.4. The maximum absolute atomic E-state index is 11.7. The fourth-order valence-electron chi connectivity index (χ4n) is 2.37.